The van der Waals surface area contributed by atoms with Crippen LogP contribution in [0.4, 0.5) is 0 Å². The summed E-state index contributed by atoms with van der Waals surface area (Å²) in [5, 5.41) is 17.1. The fraction of sp³-hybridized carbons (Fsp3) is 0.800. The zero-order valence-corrected chi connectivity index (χ0v) is 5.46. The van der Waals surface area contributed by atoms with Gasteiger partial charge in [0.15, 0.2) is 0 Å². The van der Waals surface area contributed by atoms with Crippen molar-refractivity contribution in [3.63, 3.8) is 0 Å². The first-order chi connectivity index (χ1) is 3.89. The number of carboxylic acids is 1. The average molecular weight is 133 g/mol. The molecule has 0 saturated carbocycles. The number of aliphatic hydroxyl groups is 1. The number of nitrogens with two attached hydrogens (primary N) is 1. The molecule has 0 saturated heterocycles. The third-order valence-corrected chi connectivity index (χ3v) is 1.33. The summed E-state index contributed by atoms with van der Waals surface area (Å²) in [6, 6.07) is 0. The molecule has 0 aliphatic heterocycles. The Hall–Kier alpha value is -0.610. The molecule has 0 heterocycles. The number of carboxylic acid groups (broad SMARTS) is 1. The second kappa shape index (κ2) is 2.33. The Balaban J connectivity index is 4.19. The second-order valence-corrected chi connectivity index (χ2v) is 2.26. The highest BCUT2D eigenvalue weighted by atomic mass is 16.4. The van der Waals surface area contributed by atoms with Crippen molar-refractivity contribution >= 4 is 5.97 Å². The molecule has 54 valence electrons. The van der Waals surface area contributed by atoms with E-state index in [1.807, 2.05) is 0 Å². The molecule has 0 aliphatic carbocycles. The van der Waals surface area contributed by atoms with Crippen LogP contribution in [0.5, 0.6) is 0 Å². The van der Waals surface area contributed by atoms with Crippen LogP contribution in [0.3, 0.4) is 0 Å². The van der Waals surface area contributed by atoms with E-state index in [1.54, 1.807) is 0 Å². The van der Waals surface area contributed by atoms with Crippen LogP contribution in [-0.2, 0) is 4.79 Å². The topological polar surface area (TPSA) is 83.5 Å². The Bertz CT molecular complexity index is 119. The van der Waals surface area contributed by atoms with Gasteiger partial charge in [-0.25, -0.2) is 0 Å². The van der Waals surface area contributed by atoms with Gasteiger partial charge in [0, 0.05) is 0 Å². The van der Waals surface area contributed by atoms with Crippen LogP contribution < -0.4 is 5.73 Å². The zero-order chi connectivity index (χ0) is 7.65. The van der Waals surface area contributed by atoms with Gasteiger partial charge in [-0.05, 0) is 13.8 Å². The molecule has 0 aliphatic rings. The highest BCUT2D eigenvalue weighted by molar-refractivity contribution is 5.78. The molecular formula is C5H11NO3. The van der Waals surface area contributed by atoms with Crippen LogP contribution in [0.25, 0.3) is 0 Å². The van der Waals surface area contributed by atoms with Crippen molar-refractivity contribution < 1.29 is 15.0 Å². The van der Waals surface area contributed by atoms with E-state index in [9.17, 15) is 4.79 Å². The van der Waals surface area contributed by atoms with E-state index < -0.39 is 17.6 Å². The molecule has 2 atom stereocenters. The van der Waals surface area contributed by atoms with E-state index in [2.05, 4.69) is 0 Å². The van der Waals surface area contributed by atoms with E-state index in [0.717, 1.165) is 0 Å². The molecule has 9 heavy (non-hydrogen) atoms. The van der Waals surface area contributed by atoms with E-state index in [0.29, 0.717) is 0 Å². The summed E-state index contributed by atoms with van der Waals surface area (Å²) in [4.78, 5) is 10.2. The first-order valence-electron chi connectivity index (χ1n) is 2.59. The maximum absolute atomic E-state index is 10.2. The van der Waals surface area contributed by atoms with Gasteiger partial charge in [0.2, 0.25) is 0 Å². The van der Waals surface area contributed by atoms with Crippen molar-refractivity contribution in [2.45, 2.75) is 25.5 Å². The lowest BCUT2D eigenvalue weighted by Crippen LogP contribution is -2.53. The van der Waals surface area contributed by atoms with E-state index in [-0.39, 0.29) is 0 Å². The highest BCUT2D eigenvalue weighted by Gasteiger charge is 2.33. The standard InChI is InChI=1S/C5H11NO3/c1-3(7)5(2,6)4(8)9/h3,7H,6H2,1-2H3,(H,8,9)/t3?,5-/m0/s1. The molecule has 0 radical (unpaired) electrons. The van der Waals surface area contributed by atoms with Crippen LogP contribution in [-0.4, -0.2) is 27.8 Å². The lowest BCUT2D eigenvalue weighted by Gasteiger charge is -2.21. The number of rotatable bonds is 2. The minimum absolute atomic E-state index is 1.03. The second-order valence-electron chi connectivity index (χ2n) is 2.26. The number of hydrogen-bond acceptors (Lipinski definition) is 3. The number of aliphatic hydroxyl groups excluding tert-OH is 1. The summed E-state index contributed by atoms with van der Waals surface area (Å²) in [6.07, 6.45) is -1.03. The van der Waals surface area contributed by atoms with Crippen LogP contribution in [0, 0.1) is 0 Å². The monoisotopic (exact) mass is 133 g/mol. The van der Waals surface area contributed by atoms with E-state index in [4.69, 9.17) is 15.9 Å². The Morgan fingerprint density at radius 3 is 2.11 bits per heavy atom. The molecule has 0 rings (SSSR count). The van der Waals surface area contributed by atoms with Crippen LogP contribution in [0.15, 0.2) is 0 Å². The molecule has 0 bridgehead atoms. The SMILES string of the molecule is CC(O)[C@](C)(N)C(=O)O. The third-order valence-electron chi connectivity index (χ3n) is 1.33. The Labute approximate surface area is 53.3 Å². The van der Waals surface area contributed by atoms with Gasteiger partial charge >= 0.3 is 5.97 Å². The predicted molar refractivity (Wildman–Crippen MR) is 31.9 cm³/mol. The molecule has 0 amide bonds. The molecule has 0 aromatic rings. The Morgan fingerprint density at radius 1 is 1.78 bits per heavy atom. The first kappa shape index (κ1) is 8.39. The van der Waals surface area contributed by atoms with Crippen LogP contribution >= 0.6 is 0 Å². The van der Waals surface area contributed by atoms with Crippen molar-refractivity contribution in [3.05, 3.63) is 0 Å². The molecule has 4 heteroatoms. The Kier molecular flexibility index (Phi) is 2.17. The summed E-state index contributed by atoms with van der Waals surface area (Å²) < 4.78 is 0. The molecule has 1 unspecified atom stereocenters. The molecule has 0 fully saturated rings. The Morgan fingerprint density at radius 2 is 2.11 bits per heavy atom. The normalized spacial score (nSPS) is 20.4. The van der Waals surface area contributed by atoms with Gasteiger partial charge in [-0.3, -0.25) is 4.79 Å². The van der Waals surface area contributed by atoms with Crippen LogP contribution in [0.2, 0.25) is 0 Å². The number of carbonyl (C=O) groups is 1. The van der Waals surface area contributed by atoms with Crippen molar-refractivity contribution in [2.24, 2.45) is 5.73 Å². The van der Waals surface area contributed by atoms with Gasteiger partial charge in [0.1, 0.15) is 5.54 Å². The van der Waals surface area contributed by atoms with Gasteiger partial charge in [0.05, 0.1) is 6.10 Å². The summed E-state index contributed by atoms with van der Waals surface area (Å²) in [5.41, 5.74) is 3.62. The molecule has 4 N–H and O–H groups in total. The fourth-order valence-electron chi connectivity index (χ4n) is 0.179. The molecule has 0 aromatic carbocycles. The van der Waals surface area contributed by atoms with Crippen molar-refractivity contribution in [3.8, 4) is 0 Å². The average Bonchev–Trinajstić information content (AvgIpc) is 1.65. The largest absolute Gasteiger partial charge is 0.480 e. The highest BCUT2D eigenvalue weighted by Crippen LogP contribution is 2.04. The van der Waals surface area contributed by atoms with Gasteiger partial charge in [-0.2, -0.15) is 0 Å². The van der Waals surface area contributed by atoms with E-state index in [1.165, 1.54) is 13.8 Å². The summed E-state index contributed by atoms with van der Waals surface area (Å²) >= 11 is 0. The molecular weight excluding hydrogens is 122 g/mol. The predicted octanol–water partition coefficient (Wildman–Crippen LogP) is -0.831. The smallest absolute Gasteiger partial charge is 0.326 e. The number of hydrogen-bond donors (Lipinski definition) is 3. The maximum Gasteiger partial charge on any atom is 0.326 e. The minimum Gasteiger partial charge on any atom is -0.480 e. The van der Waals surface area contributed by atoms with Crippen molar-refractivity contribution in [1.29, 1.82) is 0 Å². The molecule has 0 aromatic heterocycles. The molecule has 0 spiro atoms. The fourth-order valence-corrected chi connectivity index (χ4v) is 0.179. The first-order valence-corrected chi connectivity index (χ1v) is 2.59. The van der Waals surface area contributed by atoms with Crippen molar-refractivity contribution in [1.82, 2.24) is 0 Å². The maximum atomic E-state index is 10.2. The van der Waals surface area contributed by atoms with Gasteiger partial charge in [-0.1, -0.05) is 0 Å². The molecule has 4 nitrogen and oxygen atoms in total. The van der Waals surface area contributed by atoms with Gasteiger partial charge in [0.25, 0.3) is 0 Å². The summed E-state index contributed by atoms with van der Waals surface area (Å²) in [7, 11) is 0. The lowest BCUT2D eigenvalue weighted by molar-refractivity contribution is -0.146. The van der Waals surface area contributed by atoms with E-state index >= 15 is 0 Å². The third kappa shape index (κ3) is 1.65. The van der Waals surface area contributed by atoms with Crippen LogP contribution in [0.1, 0.15) is 13.8 Å². The zero-order valence-electron chi connectivity index (χ0n) is 5.46. The summed E-state index contributed by atoms with van der Waals surface area (Å²) in [5.74, 6) is -1.20. The van der Waals surface area contributed by atoms with Gasteiger partial charge < -0.3 is 15.9 Å². The van der Waals surface area contributed by atoms with Crippen molar-refractivity contribution in [2.75, 3.05) is 0 Å². The quantitative estimate of drug-likeness (QED) is 0.459. The summed E-state index contributed by atoms with van der Waals surface area (Å²) in [6.45, 7) is 2.61. The number of aliphatic carboxylic acids is 1. The van der Waals surface area contributed by atoms with Gasteiger partial charge in [-0.15, -0.1) is 0 Å². The lowest BCUT2D eigenvalue weighted by atomic mass is 9.98. The minimum atomic E-state index is -1.53.